The van der Waals surface area contributed by atoms with Crippen LogP contribution in [0.15, 0.2) is 47.4 Å². The number of hydrogen-bond acceptors (Lipinski definition) is 4. The van der Waals surface area contributed by atoms with Crippen molar-refractivity contribution in [2.75, 3.05) is 13.7 Å². The second kappa shape index (κ2) is 7.70. The number of nitrogens with two attached hydrogens (primary N) is 1. The molecule has 2 aromatic carbocycles. The van der Waals surface area contributed by atoms with Crippen molar-refractivity contribution in [2.45, 2.75) is 37.1 Å². The van der Waals surface area contributed by atoms with E-state index in [1.165, 1.54) is 6.07 Å². The van der Waals surface area contributed by atoms with Crippen LogP contribution in [0.2, 0.25) is 0 Å². The lowest BCUT2D eigenvalue weighted by molar-refractivity contribution is -0.132. The van der Waals surface area contributed by atoms with E-state index < -0.39 is 10.0 Å². The number of carbonyl (C=O) groups is 1. The van der Waals surface area contributed by atoms with Gasteiger partial charge < -0.3 is 9.64 Å². The van der Waals surface area contributed by atoms with Crippen molar-refractivity contribution in [1.82, 2.24) is 4.90 Å². The number of hydrogen-bond donors (Lipinski definition) is 1. The summed E-state index contributed by atoms with van der Waals surface area (Å²) < 4.78 is 28.3. The molecule has 3 rings (SSSR count). The number of amides is 1. The monoisotopic (exact) mass is 388 g/mol. The molecule has 1 amide bonds. The summed E-state index contributed by atoms with van der Waals surface area (Å²) in [7, 11) is -2.13. The number of ether oxygens (including phenoxy) is 1. The molecule has 7 heteroatoms. The number of sulfonamides is 1. The standard InChI is InChI=1S/C20H24N2O4S/c1-14(15-3-6-18(26-2)7-4-15)11-20(23)22-10-9-16-5-8-19(27(21,24)25)12-17(16)13-22/h3-8,12,14H,9-11,13H2,1-2H3,(H2,21,24,25). The van der Waals surface area contributed by atoms with Crippen molar-refractivity contribution >= 4 is 15.9 Å². The maximum absolute atomic E-state index is 12.8. The van der Waals surface area contributed by atoms with Crippen LogP contribution in [0, 0.1) is 0 Å². The van der Waals surface area contributed by atoms with Gasteiger partial charge in [-0.3, -0.25) is 4.79 Å². The van der Waals surface area contributed by atoms with Crippen molar-refractivity contribution in [3.8, 4) is 5.75 Å². The Balaban J connectivity index is 1.69. The second-order valence-corrected chi connectivity index (χ2v) is 8.48. The number of nitrogens with zero attached hydrogens (tertiary/aromatic N) is 1. The first kappa shape index (κ1) is 19.4. The molecule has 0 spiro atoms. The summed E-state index contributed by atoms with van der Waals surface area (Å²) in [4.78, 5) is 14.6. The van der Waals surface area contributed by atoms with Gasteiger partial charge in [0.1, 0.15) is 5.75 Å². The number of benzene rings is 2. The largest absolute Gasteiger partial charge is 0.497 e. The van der Waals surface area contributed by atoms with E-state index in [0.717, 1.165) is 22.4 Å². The molecule has 27 heavy (non-hydrogen) atoms. The van der Waals surface area contributed by atoms with Gasteiger partial charge in [0.15, 0.2) is 0 Å². The first-order valence-corrected chi connectivity index (χ1v) is 10.4. The van der Waals surface area contributed by atoms with E-state index in [-0.39, 0.29) is 16.7 Å². The quantitative estimate of drug-likeness (QED) is 0.852. The van der Waals surface area contributed by atoms with Crippen LogP contribution in [0.1, 0.15) is 36.0 Å². The number of fused-ring (bicyclic) bond motifs is 1. The van der Waals surface area contributed by atoms with Crippen LogP contribution in [0.25, 0.3) is 0 Å². The van der Waals surface area contributed by atoms with Gasteiger partial charge in [0.25, 0.3) is 0 Å². The van der Waals surface area contributed by atoms with E-state index in [9.17, 15) is 13.2 Å². The van der Waals surface area contributed by atoms with Gasteiger partial charge in [-0.25, -0.2) is 13.6 Å². The molecule has 0 fully saturated rings. The molecular formula is C20H24N2O4S. The molecule has 0 saturated heterocycles. The van der Waals surface area contributed by atoms with Gasteiger partial charge >= 0.3 is 0 Å². The zero-order valence-electron chi connectivity index (χ0n) is 15.5. The summed E-state index contributed by atoms with van der Waals surface area (Å²) in [5, 5.41) is 5.22. The minimum atomic E-state index is -3.75. The Labute approximate surface area is 160 Å². The van der Waals surface area contributed by atoms with Gasteiger partial charge in [0.05, 0.1) is 12.0 Å². The fraction of sp³-hybridized carbons (Fsp3) is 0.350. The Kier molecular flexibility index (Phi) is 5.53. The molecule has 1 aliphatic rings. The van der Waals surface area contributed by atoms with Crippen molar-refractivity contribution < 1.29 is 17.9 Å². The molecule has 0 aliphatic carbocycles. The molecule has 1 aliphatic heterocycles. The zero-order valence-corrected chi connectivity index (χ0v) is 16.3. The van der Waals surface area contributed by atoms with E-state index in [1.807, 2.05) is 31.2 Å². The van der Waals surface area contributed by atoms with Crippen molar-refractivity contribution in [2.24, 2.45) is 5.14 Å². The van der Waals surface area contributed by atoms with Crippen LogP contribution >= 0.6 is 0 Å². The van der Waals surface area contributed by atoms with Gasteiger partial charge in [0, 0.05) is 19.5 Å². The summed E-state index contributed by atoms with van der Waals surface area (Å²) >= 11 is 0. The van der Waals surface area contributed by atoms with Gasteiger partial charge in [-0.2, -0.15) is 0 Å². The Hall–Kier alpha value is -2.38. The highest BCUT2D eigenvalue weighted by atomic mass is 32.2. The van der Waals surface area contributed by atoms with Gasteiger partial charge in [-0.05, 0) is 53.3 Å². The Bertz CT molecular complexity index is 939. The summed E-state index contributed by atoms with van der Waals surface area (Å²) in [5.41, 5.74) is 2.99. The average Bonchev–Trinajstić information content (AvgIpc) is 2.66. The van der Waals surface area contributed by atoms with Crippen LogP contribution in [-0.2, 0) is 27.8 Å². The SMILES string of the molecule is COc1ccc(C(C)CC(=O)N2CCc3ccc(S(N)(=O)=O)cc3C2)cc1. The maximum Gasteiger partial charge on any atom is 0.238 e. The molecule has 0 saturated carbocycles. The molecule has 1 unspecified atom stereocenters. The molecule has 2 N–H and O–H groups in total. The number of primary sulfonamides is 1. The highest BCUT2D eigenvalue weighted by Crippen LogP contribution is 2.26. The zero-order chi connectivity index (χ0) is 19.6. The summed E-state index contributed by atoms with van der Waals surface area (Å²) in [6, 6.07) is 12.6. The highest BCUT2D eigenvalue weighted by Gasteiger charge is 2.23. The maximum atomic E-state index is 12.8. The minimum Gasteiger partial charge on any atom is -0.497 e. The summed E-state index contributed by atoms with van der Waals surface area (Å²) in [6.07, 6.45) is 1.11. The third-order valence-corrected chi connectivity index (χ3v) is 5.95. The van der Waals surface area contributed by atoms with Gasteiger partial charge in [0.2, 0.25) is 15.9 Å². The first-order valence-electron chi connectivity index (χ1n) is 8.84. The lowest BCUT2D eigenvalue weighted by Gasteiger charge is -2.30. The van der Waals surface area contributed by atoms with Crippen LogP contribution in [0.4, 0.5) is 0 Å². The van der Waals surface area contributed by atoms with E-state index in [1.54, 1.807) is 24.1 Å². The second-order valence-electron chi connectivity index (χ2n) is 6.92. The third-order valence-electron chi connectivity index (χ3n) is 5.04. The van der Waals surface area contributed by atoms with E-state index in [4.69, 9.17) is 9.88 Å². The predicted octanol–water partition coefficient (Wildman–Crippen LogP) is 2.42. The average molecular weight is 388 g/mol. The fourth-order valence-corrected chi connectivity index (χ4v) is 3.93. The lowest BCUT2D eigenvalue weighted by atomic mass is 9.95. The van der Waals surface area contributed by atoms with E-state index in [2.05, 4.69) is 0 Å². The Morgan fingerprint density at radius 1 is 1.19 bits per heavy atom. The molecule has 0 aromatic heterocycles. The molecule has 6 nitrogen and oxygen atoms in total. The molecule has 144 valence electrons. The molecular weight excluding hydrogens is 364 g/mol. The molecule has 1 atom stereocenters. The number of rotatable bonds is 5. The van der Waals surface area contributed by atoms with Crippen molar-refractivity contribution in [3.63, 3.8) is 0 Å². The van der Waals surface area contributed by atoms with Crippen LogP contribution in [-0.4, -0.2) is 32.9 Å². The Morgan fingerprint density at radius 2 is 1.89 bits per heavy atom. The smallest absolute Gasteiger partial charge is 0.238 e. The third kappa shape index (κ3) is 4.48. The summed E-state index contributed by atoms with van der Waals surface area (Å²) in [5.74, 6) is 0.932. The lowest BCUT2D eigenvalue weighted by Crippen LogP contribution is -2.36. The first-order chi connectivity index (χ1) is 12.8. The number of carbonyl (C=O) groups excluding carboxylic acids is 1. The minimum absolute atomic E-state index is 0.0602. The fourth-order valence-electron chi connectivity index (χ4n) is 3.36. The molecule has 0 radical (unpaired) electrons. The van der Waals surface area contributed by atoms with Gasteiger partial charge in [-0.1, -0.05) is 25.1 Å². The number of methoxy groups -OCH3 is 1. The van der Waals surface area contributed by atoms with Crippen molar-refractivity contribution in [1.29, 1.82) is 0 Å². The molecule has 1 heterocycles. The van der Waals surface area contributed by atoms with Crippen LogP contribution in [0.3, 0.4) is 0 Å². The predicted molar refractivity (Wildman–Crippen MR) is 103 cm³/mol. The molecule has 0 bridgehead atoms. The van der Waals surface area contributed by atoms with E-state index in [0.29, 0.717) is 25.9 Å². The van der Waals surface area contributed by atoms with Crippen molar-refractivity contribution in [3.05, 3.63) is 59.2 Å². The van der Waals surface area contributed by atoms with E-state index >= 15 is 0 Å². The van der Waals surface area contributed by atoms with Crippen LogP contribution < -0.4 is 9.88 Å². The van der Waals surface area contributed by atoms with Crippen LogP contribution in [0.5, 0.6) is 5.75 Å². The topological polar surface area (TPSA) is 89.7 Å². The van der Waals surface area contributed by atoms with Gasteiger partial charge in [-0.15, -0.1) is 0 Å². The highest BCUT2D eigenvalue weighted by molar-refractivity contribution is 7.89. The Morgan fingerprint density at radius 3 is 2.52 bits per heavy atom. The summed E-state index contributed by atoms with van der Waals surface area (Å²) in [6.45, 7) is 3.07. The molecule has 2 aromatic rings. The normalized spacial score (nSPS) is 15.1.